The summed E-state index contributed by atoms with van der Waals surface area (Å²) in [5, 5.41) is 8.75. The second-order valence-corrected chi connectivity index (χ2v) is 7.04. The Morgan fingerprint density at radius 2 is 1.52 bits per heavy atom. The van der Waals surface area contributed by atoms with Crippen molar-refractivity contribution in [2.75, 3.05) is 0 Å². The van der Waals surface area contributed by atoms with Gasteiger partial charge in [0.1, 0.15) is 5.82 Å². The molecule has 0 radical (unpaired) electrons. The fourth-order valence-electron chi connectivity index (χ4n) is 3.51. The number of Topliss-reactive ketones (excluding diaryl/α,β-unsaturated/α-hetero) is 2. The van der Waals surface area contributed by atoms with Crippen LogP contribution in [0.4, 0.5) is 4.39 Å². The molecule has 2 rings (SSSR count). The normalized spacial score (nSPS) is 16.1. The van der Waals surface area contributed by atoms with Gasteiger partial charge in [0.25, 0.3) is 0 Å². The zero-order valence-electron chi connectivity index (χ0n) is 16.0. The number of hydrogen-bond donors (Lipinski definition) is 1. The van der Waals surface area contributed by atoms with Crippen molar-refractivity contribution in [2.45, 2.75) is 58.8 Å². The highest BCUT2D eigenvalue weighted by molar-refractivity contribution is 6.25. The Morgan fingerprint density at radius 1 is 0.926 bits per heavy atom. The molecule has 0 heterocycles. The number of allylic oxidation sites excluding steroid dienone is 4. The fourth-order valence-corrected chi connectivity index (χ4v) is 3.51. The highest BCUT2D eigenvalue weighted by Crippen LogP contribution is 2.37. The SMILES string of the molecule is CC1=C(C)C(=O)C(C(CCCCCC(=O)O)c2ccc(F)cc2)=C(C)C1=O. The van der Waals surface area contributed by atoms with Crippen LogP contribution in [0.25, 0.3) is 0 Å². The van der Waals surface area contributed by atoms with E-state index in [9.17, 15) is 18.8 Å². The summed E-state index contributed by atoms with van der Waals surface area (Å²) in [5.74, 6) is -1.75. The average Bonchev–Trinajstić information content (AvgIpc) is 2.63. The first kappa shape index (κ1) is 20.7. The summed E-state index contributed by atoms with van der Waals surface area (Å²) in [7, 11) is 0. The maximum atomic E-state index is 13.4. The van der Waals surface area contributed by atoms with Crippen molar-refractivity contribution in [1.82, 2.24) is 0 Å². The molecule has 0 fully saturated rings. The number of carbonyl (C=O) groups excluding carboxylic acids is 2. The maximum Gasteiger partial charge on any atom is 0.303 e. The smallest absolute Gasteiger partial charge is 0.303 e. The number of carboxylic acids is 1. The summed E-state index contributed by atoms with van der Waals surface area (Å²) >= 11 is 0. The van der Waals surface area contributed by atoms with Gasteiger partial charge >= 0.3 is 5.97 Å². The molecule has 1 aliphatic rings. The van der Waals surface area contributed by atoms with E-state index in [1.54, 1.807) is 32.9 Å². The van der Waals surface area contributed by atoms with Crippen molar-refractivity contribution in [1.29, 1.82) is 0 Å². The largest absolute Gasteiger partial charge is 0.481 e. The summed E-state index contributed by atoms with van der Waals surface area (Å²) in [6, 6.07) is 6.00. The first-order valence-corrected chi connectivity index (χ1v) is 9.19. The van der Waals surface area contributed by atoms with E-state index in [2.05, 4.69) is 0 Å². The zero-order chi connectivity index (χ0) is 20.1. The number of aliphatic carboxylic acids is 1. The summed E-state index contributed by atoms with van der Waals surface area (Å²) in [5.41, 5.74) is 2.65. The number of rotatable bonds is 8. The molecule has 27 heavy (non-hydrogen) atoms. The molecule has 1 N–H and O–H groups in total. The topological polar surface area (TPSA) is 71.4 Å². The quantitative estimate of drug-likeness (QED) is 0.528. The molecule has 5 heteroatoms. The molecule has 144 valence electrons. The van der Waals surface area contributed by atoms with Gasteiger partial charge in [0.15, 0.2) is 11.6 Å². The number of benzene rings is 1. The molecule has 1 aliphatic carbocycles. The van der Waals surface area contributed by atoms with Crippen molar-refractivity contribution in [3.05, 3.63) is 57.9 Å². The molecule has 1 aromatic rings. The van der Waals surface area contributed by atoms with Crippen molar-refractivity contribution < 1.29 is 23.9 Å². The molecule has 1 atom stereocenters. The minimum absolute atomic E-state index is 0.112. The van der Waals surface area contributed by atoms with Crippen LogP contribution in [0, 0.1) is 5.82 Å². The number of unbranched alkanes of at least 4 members (excludes halogenated alkanes) is 2. The van der Waals surface area contributed by atoms with Crippen molar-refractivity contribution in [3.63, 3.8) is 0 Å². The highest BCUT2D eigenvalue weighted by atomic mass is 19.1. The molecule has 1 aromatic carbocycles. The van der Waals surface area contributed by atoms with Crippen molar-refractivity contribution in [3.8, 4) is 0 Å². The van der Waals surface area contributed by atoms with E-state index in [0.29, 0.717) is 41.6 Å². The maximum absolute atomic E-state index is 13.4. The third kappa shape index (κ3) is 4.79. The van der Waals surface area contributed by atoms with Crippen molar-refractivity contribution >= 4 is 17.5 Å². The molecule has 0 bridgehead atoms. The van der Waals surface area contributed by atoms with Gasteiger partial charge in [-0.15, -0.1) is 0 Å². The third-order valence-corrected chi connectivity index (χ3v) is 5.24. The lowest BCUT2D eigenvalue weighted by Crippen LogP contribution is -2.24. The molecule has 0 amide bonds. The van der Waals surface area contributed by atoms with Crippen LogP contribution < -0.4 is 0 Å². The van der Waals surface area contributed by atoms with Gasteiger partial charge in [0, 0.05) is 34.6 Å². The van der Waals surface area contributed by atoms with Crippen LogP contribution in [0.2, 0.25) is 0 Å². The molecule has 0 aliphatic heterocycles. The predicted molar refractivity (Wildman–Crippen MR) is 101 cm³/mol. The molecule has 4 nitrogen and oxygen atoms in total. The summed E-state index contributed by atoms with van der Waals surface area (Å²) in [4.78, 5) is 36.1. The van der Waals surface area contributed by atoms with Gasteiger partial charge in [-0.05, 0) is 51.3 Å². The second kappa shape index (κ2) is 8.89. The predicted octanol–water partition coefficient (Wildman–Crippen LogP) is 4.75. The van der Waals surface area contributed by atoms with Crippen LogP contribution in [0.1, 0.15) is 64.4 Å². The van der Waals surface area contributed by atoms with E-state index < -0.39 is 5.97 Å². The lowest BCUT2D eigenvalue weighted by atomic mass is 9.75. The third-order valence-electron chi connectivity index (χ3n) is 5.24. The van der Waals surface area contributed by atoms with E-state index >= 15 is 0 Å². The number of carboxylic acid groups (broad SMARTS) is 1. The molecule has 0 aromatic heterocycles. The van der Waals surface area contributed by atoms with Crippen LogP contribution >= 0.6 is 0 Å². The van der Waals surface area contributed by atoms with Gasteiger partial charge in [-0.3, -0.25) is 14.4 Å². The Bertz CT molecular complexity index is 815. The van der Waals surface area contributed by atoms with Crippen LogP contribution in [0.3, 0.4) is 0 Å². The standard InChI is InChI=1S/C22H25FO4/c1-13-14(2)22(27)20(15(3)21(13)26)18(7-5-4-6-8-19(24)25)16-9-11-17(23)12-10-16/h9-12,18H,4-8H2,1-3H3,(H,24,25). The lowest BCUT2D eigenvalue weighted by molar-refractivity contribution is -0.137. The van der Waals surface area contributed by atoms with Gasteiger partial charge in [-0.25, -0.2) is 4.39 Å². The van der Waals surface area contributed by atoms with E-state index in [1.165, 1.54) is 12.1 Å². The minimum atomic E-state index is -0.826. The monoisotopic (exact) mass is 372 g/mol. The van der Waals surface area contributed by atoms with Gasteiger partial charge in [-0.1, -0.05) is 25.0 Å². The minimum Gasteiger partial charge on any atom is -0.481 e. The van der Waals surface area contributed by atoms with E-state index in [0.717, 1.165) is 12.0 Å². The Labute approximate surface area is 158 Å². The van der Waals surface area contributed by atoms with Gasteiger partial charge in [0.05, 0.1) is 0 Å². The Hall–Kier alpha value is -2.56. The first-order chi connectivity index (χ1) is 12.7. The lowest BCUT2D eigenvalue weighted by Gasteiger charge is -2.26. The second-order valence-electron chi connectivity index (χ2n) is 7.04. The fraction of sp³-hybridized carbons (Fsp3) is 0.409. The molecule has 0 spiro atoms. The Morgan fingerprint density at radius 3 is 2.11 bits per heavy atom. The van der Waals surface area contributed by atoms with Crippen LogP contribution in [0.15, 0.2) is 46.6 Å². The van der Waals surface area contributed by atoms with E-state index in [-0.39, 0.29) is 29.7 Å². The summed E-state index contributed by atoms with van der Waals surface area (Å²) in [6.45, 7) is 5.00. The zero-order valence-corrected chi connectivity index (χ0v) is 16.0. The Balaban J connectivity index is 2.32. The molecular formula is C22H25FO4. The van der Waals surface area contributed by atoms with Gasteiger partial charge in [0.2, 0.25) is 0 Å². The molecule has 0 saturated carbocycles. The molecule has 1 unspecified atom stereocenters. The molecular weight excluding hydrogens is 347 g/mol. The van der Waals surface area contributed by atoms with E-state index in [1.807, 2.05) is 0 Å². The van der Waals surface area contributed by atoms with Gasteiger partial charge in [-0.2, -0.15) is 0 Å². The van der Waals surface area contributed by atoms with E-state index in [4.69, 9.17) is 5.11 Å². The Kier molecular flexibility index (Phi) is 6.83. The van der Waals surface area contributed by atoms with Crippen LogP contribution in [0.5, 0.6) is 0 Å². The van der Waals surface area contributed by atoms with Crippen molar-refractivity contribution in [2.24, 2.45) is 0 Å². The van der Waals surface area contributed by atoms with Gasteiger partial charge < -0.3 is 5.11 Å². The summed E-state index contributed by atoms with van der Waals surface area (Å²) < 4.78 is 13.4. The molecule has 0 saturated heterocycles. The number of halogens is 1. The summed E-state index contributed by atoms with van der Waals surface area (Å²) in [6.07, 6.45) is 2.71. The highest BCUT2D eigenvalue weighted by Gasteiger charge is 2.33. The van der Waals surface area contributed by atoms with Crippen LogP contribution in [-0.2, 0) is 14.4 Å². The number of ketones is 2. The first-order valence-electron chi connectivity index (χ1n) is 9.19. The number of carbonyl (C=O) groups is 3. The average molecular weight is 372 g/mol. The van der Waals surface area contributed by atoms with Crippen LogP contribution in [-0.4, -0.2) is 22.6 Å². The number of hydrogen-bond acceptors (Lipinski definition) is 3.